The molecule has 0 fully saturated rings. The third-order valence-corrected chi connectivity index (χ3v) is 3.52. The fourth-order valence-electron chi connectivity index (χ4n) is 1.23. The fourth-order valence-corrected chi connectivity index (χ4v) is 1.92. The molecule has 0 aliphatic heterocycles. The van der Waals surface area contributed by atoms with E-state index in [2.05, 4.69) is 36.8 Å². The first-order valence-corrected chi connectivity index (χ1v) is 6.30. The maximum Gasteiger partial charge on any atom is 0.233 e. The molecule has 0 aliphatic rings. The van der Waals surface area contributed by atoms with Gasteiger partial charge >= 0.3 is 0 Å². The Morgan fingerprint density at radius 1 is 1.19 bits per heavy atom. The van der Waals surface area contributed by atoms with Gasteiger partial charge in [0, 0.05) is 10.7 Å². The van der Waals surface area contributed by atoms with Gasteiger partial charge in [0.15, 0.2) is 0 Å². The van der Waals surface area contributed by atoms with Crippen molar-refractivity contribution < 1.29 is 4.74 Å². The average Bonchev–Trinajstić information content (AvgIpc) is 2.25. The van der Waals surface area contributed by atoms with Crippen LogP contribution in [-0.2, 0) is 0 Å². The molecule has 1 aromatic heterocycles. The zero-order valence-electron chi connectivity index (χ0n) is 8.58. The van der Waals surface area contributed by atoms with Gasteiger partial charge in [0.1, 0.15) is 5.75 Å². The van der Waals surface area contributed by atoms with Gasteiger partial charge in [0.05, 0.1) is 4.47 Å². The normalized spacial score (nSPS) is 10.2. The lowest BCUT2D eigenvalue weighted by Gasteiger charge is -2.07. The van der Waals surface area contributed by atoms with Crippen molar-refractivity contribution in [2.75, 3.05) is 0 Å². The SMILES string of the molecule is Cc1ccnc(Oc2cccc(Br)c2)c1Br. The molecule has 0 N–H and O–H groups in total. The Labute approximate surface area is 111 Å². The second kappa shape index (κ2) is 4.97. The Morgan fingerprint density at radius 2 is 2.00 bits per heavy atom. The van der Waals surface area contributed by atoms with Crippen LogP contribution in [0, 0.1) is 6.92 Å². The fraction of sp³-hybridized carbons (Fsp3) is 0.0833. The number of nitrogens with zero attached hydrogens (tertiary/aromatic N) is 1. The molecule has 2 nitrogen and oxygen atoms in total. The number of hydrogen-bond donors (Lipinski definition) is 0. The molecule has 2 aromatic rings. The van der Waals surface area contributed by atoms with E-state index in [-0.39, 0.29) is 0 Å². The van der Waals surface area contributed by atoms with Crippen LogP contribution in [0.25, 0.3) is 0 Å². The summed E-state index contributed by atoms with van der Waals surface area (Å²) in [5, 5.41) is 0. The molecule has 0 saturated carbocycles. The van der Waals surface area contributed by atoms with Crippen LogP contribution in [-0.4, -0.2) is 4.98 Å². The molecule has 0 radical (unpaired) electrons. The summed E-state index contributed by atoms with van der Waals surface area (Å²) in [7, 11) is 0. The lowest BCUT2D eigenvalue weighted by atomic mass is 10.3. The van der Waals surface area contributed by atoms with E-state index in [1.54, 1.807) is 6.20 Å². The number of aryl methyl sites for hydroxylation is 1. The largest absolute Gasteiger partial charge is 0.438 e. The molecule has 0 unspecified atom stereocenters. The molecular weight excluding hydrogens is 334 g/mol. The Bertz CT molecular complexity index is 514. The minimum atomic E-state index is 0.582. The number of aromatic nitrogens is 1. The predicted molar refractivity (Wildman–Crippen MR) is 70.9 cm³/mol. The third kappa shape index (κ3) is 2.62. The lowest BCUT2D eigenvalue weighted by molar-refractivity contribution is 0.459. The van der Waals surface area contributed by atoms with Crippen molar-refractivity contribution in [3.8, 4) is 11.6 Å². The molecule has 0 atom stereocenters. The molecular formula is C12H9Br2NO. The molecule has 1 heterocycles. The molecule has 0 bridgehead atoms. The zero-order valence-corrected chi connectivity index (χ0v) is 11.7. The number of pyridine rings is 1. The number of ether oxygens (including phenoxy) is 1. The highest BCUT2D eigenvalue weighted by Crippen LogP contribution is 2.30. The van der Waals surface area contributed by atoms with E-state index < -0.39 is 0 Å². The van der Waals surface area contributed by atoms with Crippen LogP contribution in [0.15, 0.2) is 45.5 Å². The summed E-state index contributed by atoms with van der Waals surface area (Å²) in [4.78, 5) is 4.18. The van der Waals surface area contributed by atoms with Gasteiger partial charge in [-0.05, 0) is 52.7 Å². The van der Waals surface area contributed by atoms with Crippen LogP contribution in [0.4, 0.5) is 0 Å². The van der Waals surface area contributed by atoms with Gasteiger partial charge in [0.2, 0.25) is 5.88 Å². The van der Waals surface area contributed by atoms with Gasteiger partial charge in [-0.3, -0.25) is 0 Å². The molecule has 0 aliphatic carbocycles. The van der Waals surface area contributed by atoms with Gasteiger partial charge in [-0.1, -0.05) is 22.0 Å². The molecule has 0 saturated heterocycles. The highest BCUT2D eigenvalue weighted by molar-refractivity contribution is 9.10. The standard InChI is InChI=1S/C12H9Br2NO/c1-8-5-6-15-12(11(8)14)16-10-4-2-3-9(13)7-10/h2-7H,1H3. The quantitative estimate of drug-likeness (QED) is 0.788. The first-order chi connectivity index (χ1) is 7.66. The van der Waals surface area contributed by atoms with E-state index >= 15 is 0 Å². The lowest BCUT2D eigenvalue weighted by Crippen LogP contribution is -1.90. The smallest absolute Gasteiger partial charge is 0.233 e. The summed E-state index contributed by atoms with van der Waals surface area (Å²) >= 11 is 6.85. The molecule has 4 heteroatoms. The molecule has 0 amide bonds. The summed E-state index contributed by atoms with van der Waals surface area (Å²) in [5.41, 5.74) is 1.10. The Kier molecular flexibility index (Phi) is 3.61. The first kappa shape index (κ1) is 11.6. The number of halogens is 2. The van der Waals surface area contributed by atoms with E-state index in [1.165, 1.54) is 0 Å². The van der Waals surface area contributed by atoms with Crippen LogP contribution in [0.5, 0.6) is 11.6 Å². The minimum absolute atomic E-state index is 0.582. The summed E-state index contributed by atoms with van der Waals surface area (Å²) < 4.78 is 7.55. The summed E-state index contributed by atoms with van der Waals surface area (Å²) in [6.07, 6.45) is 1.73. The van der Waals surface area contributed by atoms with Crippen molar-refractivity contribution in [3.05, 3.63) is 51.0 Å². The highest BCUT2D eigenvalue weighted by Gasteiger charge is 2.06. The second-order valence-corrected chi connectivity index (χ2v) is 5.02. The Balaban J connectivity index is 2.31. The summed E-state index contributed by atoms with van der Waals surface area (Å²) in [5.74, 6) is 1.34. The first-order valence-electron chi connectivity index (χ1n) is 4.71. The highest BCUT2D eigenvalue weighted by atomic mass is 79.9. The topological polar surface area (TPSA) is 22.1 Å². The molecule has 16 heavy (non-hydrogen) atoms. The number of rotatable bonds is 2. The van der Waals surface area contributed by atoms with Crippen LogP contribution < -0.4 is 4.74 Å². The van der Waals surface area contributed by atoms with Crippen LogP contribution in [0.2, 0.25) is 0 Å². The maximum absolute atomic E-state index is 5.68. The van der Waals surface area contributed by atoms with E-state index in [4.69, 9.17) is 4.74 Å². The van der Waals surface area contributed by atoms with Crippen molar-refractivity contribution in [1.82, 2.24) is 4.98 Å². The Hall–Kier alpha value is -0.870. The van der Waals surface area contributed by atoms with E-state index in [1.807, 2.05) is 37.3 Å². The zero-order chi connectivity index (χ0) is 11.5. The maximum atomic E-state index is 5.68. The van der Waals surface area contributed by atoms with Gasteiger partial charge in [0.25, 0.3) is 0 Å². The van der Waals surface area contributed by atoms with E-state index in [9.17, 15) is 0 Å². The second-order valence-electron chi connectivity index (χ2n) is 3.31. The average molecular weight is 343 g/mol. The van der Waals surface area contributed by atoms with Crippen LogP contribution in [0.3, 0.4) is 0 Å². The Morgan fingerprint density at radius 3 is 2.75 bits per heavy atom. The van der Waals surface area contributed by atoms with Crippen LogP contribution >= 0.6 is 31.9 Å². The number of hydrogen-bond acceptors (Lipinski definition) is 2. The van der Waals surface area contributed by atoms with Gasteiger partial charge in [-0.25, -0.2) is 4.98 Å². The number of benzene rings is 1. The molecule has 1 aromatic carbocycles. The van der Waals surface area contributed by atoms with Gasteiger partial charge in [-0.15, -0.1) is 0 Å². The van der Waals surface area contributed by atoms with Crippen molar-refractivity contribution in [1.29, 1.82) is 0 Å². The minimum Gasteiger partial charge on any atom is -0.438 e. The molecule has 82 valence electrons. The molecule has 0 spiro atoms. The van der Waals surface area contributed by atoms with Crippen molar-refractivity contribution in [2.45, 2.75) is 6.92 Å². The predicted octanol–water partition coefficient (Wildman–Crippen LogP) is 4.71. The van der Waals surface area contributed by atoms with Crippen molar-refractivity contribution in [3.63, 3.8) is 0 Å². The summed E-state index contributed by atoms with van der Waals surface area (Å²) in [6.45, 7) is 2.00. The van der Waals surface area contributed by atoms with Gasteiger partial charge < -0.3 is 4.74 Å². The molecule has 2 rings (SSSR count). The van der Waals surface area contributed by atoms with Crippen molar-refractivity contribution >= 4 is 31.9 Å². The van der Waals surface area contributed by atoms with E-state index in [0.717, 1.165) is 20.3 Å². The van der Waals surface area contributed by atoms with Gasteiger partial charge in [-0.2, -0.15) is 0 Å². The van der Waals surface area contributed by atoms with Crippen molar-refractivity contribution in [2.24, 2.45) is 0 Å². The van der Waals surface area contributed by atoms with Crippen LogP contribution in [0.1, 0.15) is 5.56 Å². The summed E-state index contributed by atoms with van der Waals surface area (Å²) in [6, 6.07) is 9.59. The monoisotopic (exact) mass is 341 g/mol. The third-order valence-electron chi connectivity index (χ3n) is 2.06. The van der Waals surface area contributed by atoms with E-state index in [0.29, 0.717) is 5.88 Å².